The topological polar surface area (TPSA) is 83.1 Å². The van der Waals surface area contributed by atoms with E-state index in [-0.39, 0.29) is 5.91 Å². The molecule has 0 unspecified atom stereocenters. The van der Waals surface area contributed by atoms with Gasteiger partial charge in [-0.05, 0) is 25.1 Å². The number of carbonyl (C=O) groups is 1. The molecule has 3 aromatic rings. The van der Waals surface area contributed by atoms with E-state index in [1.807, 2.05) is 19.2 Å². The van der Waals surface area contributed by atoms with Crippen molar-refractivity contribution in [2.45, 2.75) is 13.3 Å². The van der Waals surface area contributed by atoms with Crippen molar-refractivity contribution in [3.8, 4) is 6.07 Å². The molecule has 0 saturated carbocycles. The fourth-order valence-corrected chi connectivity index (χ4v) is 2.99. The van der Waals surface area contributed by atoms with E-state index in [1.54, 1.807) is 28.8 Å². The lowest BCUT2D eigenvalue weighted by Crippen LogP contribution is -2.25. The number of nitriles is 1. The van der Waals surface area contributed by atoms with Crippen LogP contribution in [0, 0.1) is 18.3 Å². The number of hydrogen-bond donors (Lipinski definition) is 1. The molecule has 0 aliphatic heterocycles. The molecule has 7 heteroatoms. The van der Waals surface area contributed by atoms with Gasteiger partial charge in [0.25, 0.3) is 5.91 Å². The molecule has 110 valence electrons. The standard InChI is InChI=1S/C15H13N5OS/c1-10-9-20-15(18-10)22-13(19-20)5-6-17-14(21)12-4-2-3-11(7-12)8-16/h2-4,7,9H,5-6H2,1H3,(H,17,21). The second-order valence-electron chi connectivity index (χ2n) is 4.80. The molecular formula is C15H13N5OS. The number of imidazole rings is 1. The maximum absolute atomic E-state index is 12.0. The Morgan fingerprint density at radius 1 is 1.50 bits per heavy atom. The van der Waals surface area contributed by atoms with E-state index in [0.29, 0.717) is 24.1 Å². The van der Waals surface area contributed by atoms with E-state index < -0.39 is 0 Å². The average Bonchev–Trinajstić information content (AvgIpc) is 3.04. The number of hydrogen-bond acceptors (Lipinski definition) is 5. The molecule has 0 spiro atoms. The number of nitrogens with one attached hydrogen (secondary N) is 1. The average molecular weight is 311 g/mol. The summed E-state index contributed by atoms with van der Waals surface area (Å²) in [5, 5.41) is 17.0. The van der Waals surface area contributed by atoms with E-state index in [4.69, 9.17) is 5.26 Å². The van der Waals surface area contributed by atoms with Crippen LogP contribution in [-0.2, 0) is 6.42 Å². The fraction of sp³-hybridized carbons (Fsp3) is 0.200. The molecular weight excluding hydrogens is 298 g/mol. The predicted molar refractivity (Wildman–Crippen MR) is 82.8 cm³/mol. The van der Waals surface area contributed by atoms with Crippen LogP contribution in [0.1, 0.15) is 26.6 Å². The summed E-state index contributed by atoms with van der Waals surface area (Å²) in [6, 6.07) is 8.66. The van der Waals surface area contributed by atoms with Crippen LogP contribution >= 0.6 is 11.3 Å². The van der Waals surface area contributed by atoms with Crippen LogP contribution in [0.25, 0.3) is 4.96 Å². The molecule has 6 nitrogen and oxygen atoms in total. The Hall–Kier alpha value is -2.72. The lowest BCUT2D eigenvalue weighted by Gasteiger charge is -2.03. The van der Waals surface area contributed by atoms with Gasteiger partial charge >= 0.3 is 0 Å². The van der Waals surface area contributed by atoms with Gasteiger partial charge in [-0.3, -0.25) is 4.79 Å². The summed E-state index contributed by atoms with van der Waals surface area (Å²) < 4.78 is 1.76. The number of aryl methyl sites for hydroxylation is 1. The van der Waals surface area contributed by atoms with Crippen LogP contribution in [0.3, 0.4) is 0 Å². The Morgan fingerprint density at radius 3 is 3.14 bits per heavy atom. The highest BCUT2D eigenvalue weighted by molar-refractivity contribution is 7.16. The van der Waals surface area contributed by atoms with Gasteiger partial charge in [-0.2, -0.15) is 10.4 Å². The van der Waals surface area contributed by atoms with Crippen molar-refractivity contribution in [1.29, 1.82) is 5.26 Å². The first-order chi connectivity index (χ1) is 10.7. The molecule has 22 heavy (non-hydrogen) atoms. The Kier molecular flexibility index (Phi) is 3.85. The molecule has 1 N–H and O–H groups in total. The minimum atomic E-state index is -0.186. The molecule has 1 aromatic carbocycles. The van der Waals surface area contributed by atoms with Gasteiger partial charge in [-0.25, -0.2) is 9.50 Å². The van der Waals surface area contributed by atoms with Crippen LogP contribution in [-0.4, -0.2) is 27.0 Å². The molecule has 2 heterocycles. The van der Waals surface area contributed by atoms with Crippen LogP contribution in [0.2, 0.25) is 0 Å². The zero-order chi connectivity index (χ0) is 15.5. The van der Waals surface area contributed by atoms with Gasteiger partial charge in [0.2, 0.25) is 4.96 Å². The third kappa shape index (κ3) is 2.97. The van der Waals surface area contributed by atoms with Crippen LogP contribution < -0.4 is 5.32 Å². The highest BCUT2D eigenvalue weighted by atomic mass is 32.1. The van der Waals surface area contributed by atoms with Crippen molar-refractivity contribution in [3.05, 3.63) is 52.3 Å². The predicted octanol–water partition coefficient (Wildman–Crippen LogP) is 1.94. The quantitative estimate of drug-likeness (QED) is 0.798. The summed E-state index contributed by atoms with van der Waals surface area (Å²) in [7, 11) is 0. The van der Waals surface area contributed by atoms with E-state index in [0.717, 1.165) is 15.7 Å². The van der Waals surface area contributed by atoms with Crippen molar-refractivity contribution in [2.24, 2.45) is 0 Å². The largest absolute Gasteiger partial charge is 0.352 e. The summed E-state index contributed by atoms with van der Waals surface area (Å²) in [6.07, 6.45) is 2.53. The second-order valence-corrected chi connectivity index (χ2v) is 5.84. The number of benzene rings is 1. The molecule has 0 aliphatic rings. The van der Waals surface area contributed by atoms with Crippen molar-refractivity contribution in [3.63, 3.8) is 0 Å². The Morgan fingerprint density at radius 2 is 2.36 bits per heavy atom. The fourth-order valence-electron chi connectivity index (χ4n) is 2.07. The van der Waals surface area contributed by atoms with Gasteiger partial charge in [-0.1, -0.05) is 17.4 Å². The van der Waals surface area contributed by atoms with E-state index in [9.17, 15) is 4.79 Å². The maximum atomic E-state index is 12.0. The minimum Gasteiger partial charge on any atom is -0.352 e. The molecule has 0 atom stereocenters. The normalized spacial score (nSPS) is 10.5. The van der Waals surface area contributed by atoms with Gasteiger partial charge in [0, 0.05) is 18.5 Å². The molecule has 0 bridgehead atoms. The highest BCUT2D eigenvalue weighted by Gasteiger charge is 2.08. The lowest BCUT2D eigenvalue weighted by molar-refractivity contribution is 0.0954. The second kappa shape index (κ2) is 5.95. The van der Waals surface area contributed by atoms with E-state index in [2.05, 4.69) is 15.4 Å². The molecule has 0 fully saturated rings. The zero-order valence-corrected chi connectivity index (χ0v) is 12.7. The first-order valence-corrected chi connectivity index (χ1v) is 7.57. The lowest BCUT2D eigenvalue weighted by atomic mass is 10.1. The zero-order valence-electron chi connectivity index (χ0n) is 11.9. The third-order valence-corrected chi connectivity index (χ3v) is 4.07. The van der Waals surface area contributed by atoms with Gasteiger partial charge in [0.15, 0.2) is 0 Å². The summed E-state index contributed by atoms with van der Waals surface area (Å²) in [5.74, 6) is -0.186. The van der Waals surface area contributed by atoms with Crippen molar-refractivity contribution in [2.75, 3.05) is 6.54 Å². The van der Waals surface area contributed by atoms with Crippen LogP contribution in [0.15, 0.2) is 30.5 Å². The summed E-state index contributed by atoms with van der Waals surface area (Å²) in [6.45, 7) is 2.42. The number of amides is 1. The Labute approximate surface area is 131 Å². The first-order valence-electron chi connectivity index (χ1n) is 6.76. The number of fused-ring (bicyclic) bond motifs is 1. The van der Waals surface area contributed by atoms with Crippen molar-refractivity contribution in [1.82, 2.24) is 19.9 Å². The third-order valence-electron chi connectivity index (χ3n) is 3.08. The maximum Gasteiger partial charge on any atom is 0.251 e. The van der Waals surface area contributed by atoms with E-state index in [1.165, 1.54) is 11.3 Å². The smallest absolute Gasteiger partial charge is 0.251 e. The molecule has 2 aromatic heterocycles. The van der Waals surface area contributed by atoms with Crippen LogP contribution in [0.4, 0.5) is 0 Å². The van der Waals surface area contributed by atoms with Gasteiger partial charge in [0.05, 0.1) is 23.5 Å². The molecule has 0 saturated heterocycles. The Balaban J connectivity index is 1.59. The van der Waals surface area contributed by atoms with Crippen LogP contribution in [0.5, 0.6) is 0 Å². The van der Waals surface area contributed by atoms with Gasteiger partial charge in [0.1, 0.15) is 5.01 Å². The number of rotatable bonds is 4. The molecule has 0 aliphatic carbocycles. The van der Waals surface area contributed by atoms with Crippen molar-refractivity contribution >= 4 is 22.2 Å². The van der Waals surface area contributed by atoms with Gasteiger partial charge < -0.3 is 5.32 Å². The summed E-state index contributed by atoms with van der Waals surface area (Å²) in [5.41, 5.74) is 1.91. The molecule has 0 radical (unpaired) electrons. The SMILES string of the molecule is Cc1cn2nc(CCNC(=O)c3cccc(C#N)c3)sc2n1. The number of carbonyl (C=O) groups excluding carboxylic acids is 1. The summed E-state index contributed by atoms with van der Waals surface area (Å²) >= 11 is 1.52. The first kappa shape index (κ1) is 14.2. The Bertz CT molecular complexity index is 842. The van der Waals surface area contributed by atoms with Gasteiger partial charge in [-0.15, -0.1) is 0 Å². The van der Waals surface area contributed by atoms with Crippen molar-refractivity contribution < 1.29 is 4.79 Å². The monoisotopic (exact) mass is 311 g/mol. The molecule has 1 amide bonds. The number of nitrogens with zero attached hydrogens (tertiary/aromatic N) is 4. The number of aromatic nitrogens is 3. The van der Waals surface area contributed by atoms with E-state index >= 15 is 0 Å². The minimum absolute atomic E-state index is 0.186. The summed E-state index contributed by atoms with van der Waals surface area (Å²) in [4.78, 5) is 17.2. The highest BCUT2D eigenvalue weighted by Crippen LogP contribution is 2.14. The molecule has 3 rings (SSSR count).